The second-order valence-electron chi connectivity index (χ2n) is 53.2. The third-order valence-electron chi connectivity index (χ3n) is 46.4. The quantitative estimate of drug-likeness (QED) is 0.0435. The number of rotatable bonds is 5. The summed E-state index contributed by atoms with van der Waals surface area (Å²) >= 11 is -1.62. The first kappa shape index (κ1) is 128. The maximum atomic E-state index is 12.8. The van der Waals surface area contributed by atoms with Crippen LogP contribution in [0.15, 0.2) is 145 Å². The first-order valence-corrected chi connectivity index (χ1v) is 54.0. The van der Waals surface area contributed by atoms with Gasteiger partial charge < -0.3 is 57.2 Å². The van der Waals surface area contributed by atoms with Crippen LogP contribution < -0.4 is 53.5 Å². The Morgan fingerprint density at radius 2 is 0.705 bits per heavy atom. The zero-order chi connectivity index (χ0) is 103. The summed E-state index contributed by atoms with van der Waals surface area (Å²) < 4.78 is 22.1. The van der Waals surface area contributed by atoms with Gasteiger partial charge in [-0.25, -0.2) is 0 Å². The van der Waals surface area contributed by atoms with Crippen molar-refractivity contribution in [1.82, 2.24) is 0 Å². The van der Waals surface area contributed by atoms with E-state index >= 15 is 0 Å². The fourth-order valence-corrected chi connectivity index (χ4v) is 35.5. The molecule has 19 aliphatic rings. The van der Waals surface area contributed by atoms with Crippen LogP contribution in [0, 0.1) is 139 Å². The first-order chi connectivity index (χ1) is 64.6. The number of esters is 1. The number of ether oxygens (including phenoxy) is 1. The van der Waals surface area contributed by atoms with Crippen molar-refractivity contribution in [2.45, 2.75) is 387 Å². The summed E-state index contributed by atoms with van der Waals surface area (Å²) in [7, 11) is 3.27. The minimum atomic E-state index is -1.62. The molecular weight excluding hydrogens is 1910 g/mol. The van der Waals surface area contributed by atoms with Gasteiger partial charge in [0, 0.05) is 77.1 Å². The van der Waals surface area contributed by atoms with E-state index in [4.69, 9.17) is 22.6 Å². The topological polar surface area (TPSA) is 334 Å². The molecule has 1 aromatic carbocycles. The van der Waals surface area contributed by atoms with Gasteiger partial charge in [0.05, 0.1) is 24.5 Å². The summed E-state index contributed by atoms with van der Waals surface area (Å²) in [5, 5.41) is 97.5. The van der Waals surface area contributed by atoms with E-state index in [1.807, 2.05) is 32.9 Å². The molecule has 18 nitrogen and oxygen atoms in total. The van der Waals surface area contributed by atoms with Crippen LogP contribution in [0.5, 0.6) is 11.5 Å². The number of carbonyl (C=O) groups is 5. The van der Waals surface area contributed by atoms with Crippen LogP contribution >= 0.6 is 0 Å². The number of ketones is 4. The number of aromatic hydroxyl groups is 2. The maximum absolute atomic E-state index is 12.8. The number of methoxy groups -OCH3 is 1. The average Bonchev–Trinajstić information content (AvgIpc) is 0.681. The Morgan fingerprint density at radius 3 is 1.04 bits per heavy atom. The van der Waals surface area contributed by atoms with Crippen LogP contribution in [-0.4, -0.2) is 155 Å². The molecule has 0 unspecified atom stereocenters. The number of aliphatic hydroxyl groups excluding tert-OH is 7. The molecule has 1 aromatic rings. The summed E-state index contributed by atoms with van der Waals surface area (Å²) in [4.78, 5) is 63.6. The van der Waals surface area contributed by atoms with Gasteiger partial charge in [0.15, 0.2) is 23.0 Å². The summed E-state index contributed by atoms with van der Waals surface area (Å²) in [5.74, 6) is 0.412. The number of phenolic OH excluding ortho intramolecular Hbond substituents is 2. The van der Waals surface area contributed by atoms with E-state index in [0.29, 0.717) is 57.7 Å². The van der Waals surface area contributed by atoms with Crippen molar-refractivity contribution >= 4 is 61.3 Å². The summed E-state index contributed by atoms with van der Waals surface area (Å²) in [5.41, 5.74) is 16.1. The van der Waals surface area contributed by atoms with Crippen molar-refractivity contribution in [1.29, 1.82) is 0 Å². The minimum absolute atomic E-state index is 0. The Labute approximate surface area is 931 Å². The molecule has 20 rings (SSSR count). The number of allylic oxidation sites excluding steroid dienone is 21. The Morgan fingerprint density at radius 1 is 0.404 bits per heavy atom. The van der Waals surface area contributed by atoms with Gasteiger partial charge in [-0.3, -0.25) is 24.0 Å². The number of benzene rings is 1. The Hall–Kier alpha value is -4.54. The fraction of sp³-hybridized carbons (Fsp3) is 0.718. The molecule has 9 N–H and O–H groups in total. The molecule has 0 aromatic heterocycles. The third-order valence-corrected chi connectivity index (χ3v) is 46.4. The van der Waals surface area contributed by atoms with Crippen LogP contribution in [-0.2, 0) is 48.2 Å². The van der Waals surface area contributed by atoms with Crippen molar-refractivity contribution in [3.05, 3.63) is 162 Å². The number of Topliss-reactive ketones (excluding diaryl/α,β-unsaturated/α-hetero) is 1. The van der Waals surface area contributed by atoms with Gasteiger partial charge in [0.25, 0.3) is 0 Å². The molecule has 0 heterocycles. The monoisotopic (exact) mass is 2100 g/mol. The van der Waals surface area contributed by atoms with Gasteiger partial charge >= 0.3 is 76.9 Å². The molecule has 803 valence electrons. The van der Waals surface area contributed by atoms with E-state index in [9.17, 15) is 64.8 Å². The molecule has 0 aliphatic heterocycles. The van der Waals surface area contributed by atoms with Crippen LogP contribution in [0.4, 0.5) is 0 Å². The summed E-state index contributed by atoms with van der Waals surface area (Å²) in [6.45, 7) is 56.0. The number of phenols is 2. The summed E-state index contributed by atoms with van der Waals surface area (Å²) in [6, 6.07) is 1.85. The molecule has 0 bridgehead atoms. The van der Waals surface area contributed by atoms with E-state index in [1.165, 1.54) is 92.7 Å². The van der Waals surface area contributed by atoms with Crippen LogP contribution in [0.3, 0.4) is 0 Å². The molecule has 146 heavy (non-hydrogen) atoms. The maximum Gasteiger partial charge on any atom is 1.00 e. The molecule has 19 aliphatic carbocycles. The third kappa shape index (κ3) is 18.6. The minimum Gasteiger partial charge on any atom is -1.00 e. The fourth-order valence-electron chi connectivity index (χ4n) is 35.5. The normalized spacial score (nSPS) is 42.9. The van der Waals surface area contributed by atoms with Crippen molar-refractivity contribution in [2.24, 2.45) is 132 Å². The predicted octanol–water partition coefficient (Wildman–Crippen LogP) is 19.5. The molecule has 3 radical (unpaired) electrons. The van der Waals surface area contributed by atoms with Crippen molar-refractivity contribution in [2.75, 3.05) is 47.8 Å². The number of hydrogen-bond donors (Lipinski definition) is 9. The van der Waals surface area contributed by atoms with E-state index in [1.54, 1.807) is 30.7 Å². The van der Waals surface area contributed by atoms with Crippen LogP contribution in [0.2, 0.25) is 0 Å². The molecule has 0 spiro atoms. The molecule has 0 amide bonds. The zero-order valence-corrected chi connectivity index (χ0v) is 97.0. The van der Waals surface area contributed by atoms with E-state index < -0.39 is 37.2 Å². The zero-order valence-electron chi connectivity index (χ0n) is 93.2. The van der Waals surface area contributed by atoms with Gasteiger partial charge in [-0.15, -0.1) is 0 Å². The van der Waals surface area contributed by atoms with Gasteiger partial charge in [-0.2, -0.15) is 7.11 Å². The van der Waals surface area contributed by atoms with Crippen LogP contribution in [0.25, 0.3) is 0 Å². The standard InChI is InChI=1S/C30H40O4.C30H42O4.C29H42O3.C29H40O3.CH4O.CH3O.4CH4.Al.Li.Na.O2Se.H/c1-18-19-8-9-22-28(4,20(19)16-21(31)24(18)32)13-15-30(6)23-17-27(3,25(33)34-7)11-10-26(23,2)12-14-29(22,30)5;1-25(17-31)9-10-26(2)11-13-29(5)22-8-7-19-20(15-21(33)24(34)28(19,4)18-32)27(22,3)12-14-30(29,6)23(26)16-25;2*1-18-19-7-8-22-27(4,20(19)15-21(31)24(18)32)12-14-29(6)23-16-25(2,17-30)9-10-26(23,3)11-13-28(22,29)5;2*1-2;;;;;;;;1-3-2;/h8-9,16,23,32H,10-15,17H2,1-7H3;7-8,15,23,31-32H,9-14,16-18H2,1-6H3;8,15,23,30-32H,7,9-14,16-17H2,1-6H3;7-8,15,23,30,32H,9-14,16-17H2,1-6H3;2H,1H3;1H3;4*1H4;;;;;/q;;;;;-1;;;;;;2*+1;;-1/t23-,26-,27-,28+,29-,30+;23-,25-,26-,27+,28+,29-,30+;2*23-,25-,26-,27+,28-,29+;;;;;;;;;;;/m1111.........../s1. The summed E-state index contributed by atoms with van der Waals surface area (Å²) in [6.07, 6.45) is 52.5. The molecule has 0 saturated heterocycles. The Balaban J connectivity index is 0.000000288. The molecule has 25 atom stereocenters. The Kier molecular flexibility index (Phi) is 38.0. The van der Waals surface area contributed by atoms with Crippen molar-refractivity contribution in [3.63, 3.8) is 0 Å². The SMILES string of the molecule is C.C.C.C.CC1=C(O)C(=O)C=C2C1=CC=C1[C@@]2(C)CC[C@@]2(C)[C@@H]3C[C@](C)(CO)CC[C@]3(C)CC[C@]12C.CO.COC(=O)[C@]1(C)CC[C@]2(C)CC[C@]3(C)C4=CC=C5C(=CC(=O)C(O)=C5C)[C@]4(C)CC[C@@]3(C)[C@@H]2C1.C[C@@]1(CO)CC[C@]2(C)CC[C@]3(C)C4=CC=C5C(=CC(=O)C(=O)[C@@]5(C)CO)[C@]4(C)CC[C@@]3(C)[C@@H]2C1.C[O-].Cc1c(O)c(O)cc2c1CC=C1[C@@]2(C)CC[C@@]2(C)[C@@H]3C[C@](C)(CO)CC[C@]3(C)CC[C@]12C.O=[Se]=O.[Al].[H-].[Li+].[Na+]. The molecule has 12 fully saturated rings. The van der Waals surface area contributed by atoms with E-state index in [-0.39, 0.29) is 244 Å². The van der Waals surface area contributed by atoms with Gasteiger partial charge in [0.2, 0.25) is 23.1 Å². The molecule has 12 saturated carbocycles. The van der Waals surface area contributed by atoms with Crippen molar-refractivity contribution < 1.29 is 137 Å². The Bertz CT molecular complexity index is 5730. The molecule has 22 heteroatoms. The van der Waals surface area contributed by atoms with E-state index in [2.05, 4.69) is 175 Å². The number of carbonyl (C=O) groups excluding carboxylic acids is 5. The number of hydrogen-bond acceptors (Lipinski definition) is 18. The number of fused-ring (bicyclic) bond motifs is 28. The second-order valence-corrected chi connectivity index (χ2v) is 53.5. The second kappa shape index (κ2) is 43.2. The largest absolute Gasteiger partial charge is 1.00 e. The van der Waals surface area contributed by atoms with E-state index in [0.717, 1.165) is 182 Å². The average molecular weight is 2100 g/mol. The smallest absolute Gasteiger partial charge is 1.00 e. The van der Waals surface area contributed by atoms with Crippen molar-refractivity contribution in [3.8, 4) is 11.5 Å². The molecular formula is C124H188AlLiNaO18Se. The number of aliphatic hydroxyl groups is 7. The van der Waals surface area contributed by atoms with Crippen LogP contribution in [0.1, 0.15) is 387 Å². The first-order valence-electron chi connectivity index (χ1n) is 52.6. The van der Waals surface area contributed by atoms with Gasteiger partial charge in [-0.05, 0) is 400 Å². The van der Waals surface area contributed by atoms with Gasteiger partial charge in [-0.1, -0.05) is 226 Å². The van der Waals surface area contributed by atoms with Gasteiger partial charge in [0.1, 0.15) is 0 Å². The predicted molar refractivity (Wildman–Crippen MR) is 578 cm³/mol.